The van der Waals surface area contributed by atoms with Crippen LogP contribution in [0.2, 0.25) is 0 Å². The molecule has 1 aliphatic rings. The van der Waals surface area contributed by atoms with E-state index in [-0.39, 0.29) is 29.5 Å². The van der Waals surface area contributed by atoms with Gasteiger partial charge in [-0.2, -0.15) is 0 Å². The van der Waals surface area contributed by atoms with Crippen LogP contribution in [0.4, 0.5) is 0 Å². The van der Waals surface area contributed by atoms with E-state index in [2.05, 4.69) is 10.3 Å². The number of ether oxygens (including phenoxy) is 6. The van der Waals surface area contributed by atoms with Gasteiger partial charge in [0.15, 0.2) is 29.5 Å². The molecule has 2 N–H and O–H groups in total. The summed E-state index contributed by atoms with van der Waals surface area (Å²) in [6.45, 7) is 7.26. The van der Waals surface area contributed by atoms with Crippen LogP contribution in [0.25, 0.3) is 0 Å². The van der Waals surface area contributed by atoms with Crippen molar-refractivity contribution in [3.05, 3.63) is 53.9 Å². The highest BCUT2D eigenvalue weighted by atomic mass is 16.7. The summed E-state index contributed by atoms with van der Waals surface area (Å²) in [7, 11) is 1.35. The van der Waals surface area contributed by atoms with Crippen LogP contribution in [0.5, 0.6) is 11.5 Å². The maximum atomic E-state index is 13.4. The highest BCUT2D eigenvalue weighted by Gasteiger charge is 2.42. The van der Waals surface area contributed by atoms with Gasteiger partial charge < -0.3 is 38.8 Å². The van der Waals surface area contributed by atoms with Gasteiger partial charge in [0.1, 0.15) is 18.8 Å². The molecule has 1 saturated heterocycles. The van der Waals surface area contributed by atoms with Crippen LogP contribution >= 0.6 is 0 Å². The number of pyridine rings is 1. The second-order valence-electron chi connectivity index (χ2n) is 10.9. The lowest BCUT2D eigenvalue weighted by atomic mass is 9.91. The predicted molar refractivity (Wildman–Crippen MR) is 154 cm³/mol. The minimum Gasteiger partial charge on any atom is -0.493 e. The first kappa shape index (κ1) is 34.3. The summed E-state index contributed by atoms with van der Waals surface area (Å²) in [6.07, 6.45) is -1.85. The topological polar surface area (TPSA) is 169 Å². The van der Waals surface area contributed by atoms with E-state index in [1.165, 1.54) is 19.4 Å². The van der Waals surface area contributed by atoms with Crippen molar-refractivity contribution in [1.29, 1.82) is 0 Å². The van der Waals surface area contributed by atoms with Gasteiger partial charge in [0.05, 0.1) is 18.9 Å². The van der Waals surface area contributed by atoms with E-state index < -0.39 is 73.6 Å². The lowest BCUT2D eigenvalue weighted by molar-refractivity contribution is -0.208. The van der Waals surface area contributed by atoms with Gasteiger partial charge in [-0.15, -0.1) is 0 Å². The molecule has 2 heterocycles. The maximum Gasteiger partial charge on any atom is 0.332 e. The van der Waals surface area contributed by atoms with E-state index in [4.69, 9.17) is 28.4 Å². The van der Waals surface area contributed by atoms with Crippen molar-refractivity contribution in [3.8, 4) is 11.5 Å². The van der Waals surface area contributed by atoms with Crippen LogP contribution in [0.15, 0.2) is 42.6 Å². The maximum absolute atomic E-state index is 13.4. The predicted octanol–water partition coefficient (Wildman–Crippen LogP) is 2.43. The molecule has 44 heavy (non-hydrogen) atoms. The van der Waals surface area contributed by atoms with Gasteiger partial charge in [0.25, 0.3) is 5.91 Å². The first-order valence-corrected chi connectivity index (χ1v) is 14.3. The summed E-state index contributed by atoms with van der Waals surface area (Å²) >= 11 is 0. The molecule has 1 aromatic carbocycles. The van der Waals surface area contributed by atoms with Crippen molar-refractivity contribution in [2.75, 3.05) is 20.5 Å². The van der Waals surface area contributed by atoms with Crippen molar-refractivity contribution in [1.82, 2.24) is 10.3 Å². The molecule has 13 nitrogen and oxygen atoms in total. The second-order valence-corrected chi connectivity index (χ2v) is 10.9. The normalized spacial score (nSPS) is 21.3. The monoisotopic (exact) mass is 616 g/mol. The average Bonchev–Trinajstić information content (AvgIpc) is 3.03. The number of carbonyl (C=O) groups excluding carboxylic acids is 4. The molecule has 0 radical (unpaired) electrons. The molecule has 240 valence electrons. The number of methoxy groups -OCH3 is 1. The fourth-order valence-electron chi connectivity index (χ4n) is 4.26. The molecule has 1 unspecified atom stereocenters. The number of esters is 3. The zero-order valence-electron chi connectivity index (χ0n) is 25.7. The summed E-state index contributed by atoms with van der Waals surface area (Å²) in [6, 6.07) is 9.16. The molecule has 3 rings (SSSR count). The Balaban J connectivity index is 1.85. The van der Waals surface area contributed by atoms with Crippen LogP contribution in [0, 0.1) is 17.8 Å². The number of rotatable bonds is 12. The molecule has 13 heteroatoms. The average molecular weight is 617 g/mol. The third kappa shape index (κ3) is 9.13. The number of aliphatic hydroxyl groups is 1. The van der Waals surface area contributed by atoms with E-state index in [0.717, 1.165) is 5.56 Å². The fourth-order valence-corrected chi connectivity index (χ4v) is 4.26. The third-order valence-corrected chi connectivity index (χ3v) is 6.79. The molecule has 2 aromatic rings. The van der Waals surface area contributed by atoms with Gasteiger partial charge in [-0.1, -0.05) is 58.0 Å². The first-order chi connectivity index (χ1) is 20.9. The second kappa shape index (κ2) is 16.0. The van der Waals surface area contributed by atoms with E-state index >= 15 is 0 Å². The van der Waals surface area contributed by atoms with Gasteiger partial charge in [0.2, 0.25) is 6.79 Å². The highest BCUT2D eigenvalue weighted by Crippen LogP contribution is 2.30. The van der Waals surface area contributed by atoms with E-state index in [0.29, 0.717) is 0 Å². The van der Waals surface area contributed by atoms with E-state index in [1.807, 2.05) is 30.3 Å². The smallest absolute Gasteiger partial charge is 0.332 e. The fraction of sp³-hybridized carbons (Fsp3) is 0.516. The van der Waals surface area contributed by atoms with Crippen molar-refractivity contribution >= 4 is 23.8 Å². The highest BCUT2D eigenvalue weighted by molar-refractivity contribution is 5.98. The van der Waals surface area contributed by atoms with Gasteiger partial charge in [-0.05, 0) is 18.9 Å². The lowest BCUT2D eigenvalue weighted by Crippen LogP contribution is -2.47. The van der Waals surface area contributed by atoms with Crippen molar-refractivity contribution < 1.29 is 52.7 Å². The summed E-state index contributed by atoms with van der Waals surface area (Å²) in [5.74, 6) is -4.66. The Morgan fingerprint density at radius 3 is 2.43 bits per heavy atom. The Bertz CT molecular complexity index is 1280. The first-order valence-electron chi connectivity index (χ1n) is 14.3. The van der Waals surface area contributed by atoms with Crippen LogP contribution in [-0.2, 0) is 39.8 Å². The Labute approximate surface area is 256 Å². The molecule has 1 aliphatic heterocycles. The van der Waals surface area contributed by atoms with Crippen LogP contribution in [0.3, 0.4) is 0 Å². The minimum atomic E-state index is -1.43. The lowest BCUT2D eigenvalue weighted by Gasteiger charge is -2.32. The standard InChI is InChI=1S/C31H40N2O11/c1-17(2)28(35)42-16-41-26-23(39-6)12-13-32-24(26)27(34)33-22-15-40-30(37)21(14-20-10-8-7-9-11-20)25(19(5)43-31(22)38)44-29(36)18(3)4/h7-13,17-19,21-22,25,29,36H,14-16H2,1-6H3,(H,33,34)/t19-,21+,22-,25-,29?/m0/s1. The van der Waals surface area contributed by atoms with Gasteiger partial charge in [-0.3, -0.25) is 14.4 Å². The molecule has 0 spiro atoms. The number of amides is 1. The Morgan fingerprint density at radius 2 is 1.80 bits per heavy atom. The number of hydrogen-bond donors (Lipinski definition) is 2. The summed E-state index contributed by atoms with van der Waals surface area (Å²) in [5.41, 5.74) is 0.528. The van der Waals surface area contributed by atoms with Gasteiger partial charge in [0, 0.05) is 18.2 Å². The molecule has 1 amide bonds. The largest absolute Gasteiger partial charge is 0.493 e. The van der Waals surface area contributed by atoms with Crippen LogP contribution in [0.1, 0.15) is 50.7 Å². The number of nitrogens with one attached hydrogen (secondary N) is 1. The number of cyclic esters (lactones) is 2. The Hall–Kier alpha value is -4.23. The molecule has 1 aromatic heterocycles. The van der Waals surface area contributed by atoms with E-state index in [1.54, 1.807) is 34.6 Å². The molecule has 0 aliphatic carbocycles. The Morgan fingerprint density at radius 1 is 1.09 bits per heavy atom. The number of aliphatic hydroxyl groups excluding tert-OH is 1. The molecular weight excluding hydrogens is 576 g/mol. The number of hydrogen-bond acceptors (Lipinski definition) is 12. The number of nitrogens with zero attached hydrogens (tertiary/aromatic N) is 1. The van der Waals surface area contributed by atoms with Gasteiger partial charge in [-0.25, -0.2) is 9.78 Å². The summed E-state index contributed by atoms with van der Waals surface area (Å²) in [5, 5.41) is 13.0. The number of benzene rings is 1. The quantitative estimate of drug-likeness (QED) is 0.203. The van der Waals surface area contributed by atoms with Crippen LogP contribution < -0.4 is 14.8 Å². The van der Waals surface area contributed by atoms with Gasteiger partial charge >= 0.3 is 17.9 Å². The molecule has 5 atom stereocenters. The SMILES string of the molecule is COc1ccnc(C(=O)N[C@H]2COC(=O)[C@H](Cc3ccccc3)[C@@H](OC(O)C(C)C)[C@H](C)OC2=O)c1OCOC(=O)C(C)C. The van der Waals surface area contributed by atoms with Crippen molar-refractivity contribution in [3.63, 3.8) is 0 Å². The molecule has 0 bridgehead atoms. The summed E-state index contributed by atoms with van der Waals surface area (Å²) < 4.78 is 32.9. The molecule has 0 saturated carbocycles. The Kier molecular flexibility index (Phi) is 12.5. The van der Waals surface area contributed by atoms with Crippen molar-refractivity contribution in [2.24, 2.45) is 17.8 Å². The minimum absolute atomic E-state index is 0.121. The third-order valence-electron chi connectivity index (χ3n) is 6.79. The molecule has 1 fully saturated rings. The molecular formula is C31H40N2O11. The van der Waals surface area contributed by atoms with Crippen LogP contribution in [-0.4, -0.2) is 79.0 Å². The van der Waals surface area contributed by atoms with Crippen molar-refractivity contribution in [2.45, 2.75) is 65.6 Å². The summed E-state index contributed by atoms with van der Waals surface area (Å²) in [4.78, 5) is 56.0. The zero-order valence-corrected chi connectivity index (χ0v) is 25.7. The zero-order chi connectivity index (χ0) is 32.4. The number of aromatic nitrogens is 1. The number of carbonyl (C=O) groups is 4. The van der Waals surface area contributed by atoms with E-state index in [9.17, 15) is 24.3 Å².